The van der Waals surface area contributed by atoms with Crippen LogP contribution in [0.15, 0.2) is 18.2 Å². The number of nitrogens with one attached hydrogen (secondary N) is 2. The number of anilines is 1. The van der Waals surface area contributed by atoms with Crippen LogP contribution in [0.5, 0.6) is 0 Å². The van der Waals surface area contributed by atoms with Crippen molar-refractivity contribution in [3.8, 4) is 0 Å². The monoisotopic (exact) mass is 263 g/mol. The van der Waals surface area contributed by atoms with Gasteiger partial charge in [0.1, 0.15) is 0 Å². The molecule has 1 atom stereocenters. The lowest BCUT2D eigenvalue weighted by Gasteiger charge is -2.11. The second-order valence-corrected chi connectivity index (χ2v) is 4.85. The molecule has 0 bridgehead atoms. The maximum absolute atomic E-state index is 12.0. The third-order valence-corrected chi connectivity index (χ3v) is 3.41. The Labute approximate surface area is 113 Å². The van der Waals surface area contributed by atoms with Crippen LogP contribution in [0.2, 0.25) is 0 Å². The number of amides is 1. The molecule has 1 aromatic carbocycles. The summed E-state index contributed by atoms with van der Waals surface area (Å²) in [5.41, 5.74) is 4.96. The van der Waals surface area contributed by atoms with E-state index in [0.717, 1.165) is 37.1 Å². The average Bonchev–Trinajstić information content (AvgIpc) is 2.91. The van der Waals surface area contributed by atoms with Gasteiger partial charge < -0.3 is 15.5 Å². The predicted octanol–water partition coefficient (Wildman–Crippen LogP) is 1.58. The average molecular weight is 263 g/mol. The Balaban J connectivity index is 1.85. The van der Waals surface area contributed by atoms with E-state index in [1.807, 2.05) is 13.0 Å². The Bertz CT molecular complexity index is 442. The number of hydrogen-bond acceptors (Lipinski definition) is 4. The smallest absolute Gasteiger partial charge is 0.251 e. The number of hydrazine groups is 1. The molecular weight excluding hydrogens is 242 g/mol. The van der Waals surface area contributed by atoms with Gasteiger partial charge in [0.05, 0.1) is 6.10 Å². The number of benzene rings is 1. The number of aryl methyl sites for hydroxylation is 1. The zero-order valence-electron chi connectivity index (χ0n) is 11.2. The molecule has 0 aromatic heterocycles. The van der Waals surface area contributed by atoms with Crippen molar-refractivity contribution in [2.45, 2.75) is 32.3 Å². The van der Waals surface area contributed by atoms with Crippen LogP contribution in [0.4, 0.5) is 5.69 Å². The summed E-state index contributed by atoms with van der Waals surface area (Å²) in [6, 6.07) is 5.43. The predicted molar refractivity (Wildman–Crippen MR) is 74.9 cm³/mol. The topological polar surface area (TPSA) is 76.4 Å². The number of nitrogen functional groups attached to an aromatic ring is 1. The van der Waals surface area contributed by atoms with Crippen molar-refractivity contribution < 1.29 is 9.53 Å². The molecule has 0 radical (unpaired) electrons. The van der Waals surface area contributed by atoms with E-state index >= 15 is 0 Å². The fourth-order valence-corrected chi connectivity index (χ4v) is 2.32. The molecule has 104 valence electrons. The fraction of sp³-hybridized carbons (Fsp3) is 0.500. The van der Waals surface area contributed by atoms with E-state index in [1.54, 1.807) is 12.1 Å². The van der Waals surface area contributed by atoms with E-state index in [-0.39, 0.29) is 5.91 Å². The van der Waals surface area contributed by atoms with Gasteiger partial charge in [0, 0.05) is 24.4 Å². The number of nitrogens with two attached hydrogens (primary N) is 1. The van der Waals surface area contributed by atoms with Crippen molar-refractivity contribution in [2.75, 3.05) is 18.6 Å². The van der Waals surface area contributed by atoms with Crippen LogP contribution in [0, 0.1) is 6.92 Å². The highest BCUT2D eigenvalue weighted by atomic mass is 16.5. The summed E-state index contributed by atoms with van der Waals surface area (Å²) in [5.74, 6) is 5.29. The third kappa shape index (κ3) is 3.68. The van der Waals surface area contributed by atoms with Crippen molar-refractivity contribution in [3.63, 3.8) is 0 Å². The SMILES string of the molecule is Cc1cc(NN)ccc1C(=O)NCCC1CCCO1. The van der Waals surface area contributed by atoms with Crippen molar-refractivity contribution in [1.29, 1.82) is 0 Å². The Morgan fingerprint density at radius 1 is 1.53 bits per heavy atom. The van der Waals surface area contributed by atoms with Crippen LogP contribution in [0.3, 0.4) is 0 Å². The lowest BCUT2D eigenvalue weighted by molar-refractivity contribution is 0.0907. The maximum Gasteiger partial charge on any atom is 0.251 e. The number of hydrogen-bond donors (Lipinski definition) is 3. The summed E-state index contributed by atoms with van der Waals surface area (Å²) in [6.07, 6.45) is 3.43. The summed E-state index contributed by atoms with van der Waals surface area (Å²) < 4.78 is 5.52. The van der Waals surface area contributed by atoms with Gasteiger partial charge in [-0.3, -0.25) is 10.6 Å². The molecule has 1 fully saturated rings. The first-order valence-electron chi connectivity index (χ1n) is 6.68. The molecule has 19 heavy (non-hydrogen) atoms. The molecule has 1 aliphatic rings. The van der Waals surface area contributed by atoms with Gasteiger partial charge in [0.2, 0.25) is 0 Å². The molecule has 1 unspecified atom stereocenters. The van der Waals surface area contributed by atoms with Crippen LogP contribution in [-0.2, 0) is 4.74 Å². The van der Waals surface area contributed by atoms with E-state index in [1.165, 1.54) is 0 Å². The lowest BCUT2D eigenvalue weighted by atomic mass is 10.1. The van der Waals surface area contributed by atoms with Gasteiger partial charge in [0.15, 0.2) is 0 Å². The molecule has 0 aliphatic carbocycles. The molecule has 5 heteroatoms. The van der Waals surface area contributed by atoms with Crippen LogP contribution < -0.4 is 16.6 Å². The van der Waals surface area contributed by atoms with Crippen LogP contribution >= 0.6 is 0 Å². The minimum atomic E-state index is -0.0425. The van der Waals surface area contributed by atoms with Crippen LogP contribution in [-0.4, -0.2) is 25.2 Å². The van der Waals surface area contributed by atoms with E-state index in [2.05, 4.69) is 10.7 Å². The largest absolute Gasteiger partial charge is 0.378 e. The second-order valence-electron chi connectivity index (χ2n) is 4.85. The lowest BCUT2D eigenvalue weighted by Crippen LogP contribution is -2.27. The van der Waals surface area contributed by atoms with Crippen LogP contribution in [0.1, 0.15) is 35.2 Å². The summed E-state index contributed by atoms with van der Waals surface area (Å²) in [7, 11) is 0. The first-order valence-corrected chi connectivity index (χ1v) is 6.68. The molecule has 1 aromatic rings. The van der Waals surface area contributed by atoms with Crippen molar-refractivity contribution in [2.24, 2.45) is 5.84 Å². The van der Waals surface area contributed by atoms with Gasteiger partial charge in [-0.25, -0.2) is 0 Å². The van der Waals surface area contributed by atoms with Gasteiger partial charge in [-0.1, -0.05) is 0 Å². The number of carbonyl (C=O) groups is 1. The first-order chi connectivity index (χ1) is 9.20. The number of ether oxygens (including phenoxy) is 1. The van der Waals surface area contributed by atoms with Gasteiger partial charge in [-0.2, -0.15) is 0 Å². The molecule has 4 N–H and O–H groups in total. The Hall–Kier alpha value is -1.59. The summed E-state index contributed by atoms with van der Waals surface area (Å²) in [4.78, 5) is 12.0. The molecule has 1 heterocycles. The maximum atomic E-state index is 12.0. The molecular formula is C14H21N3O2. The zero-order chi connectivity index (χ0) is 13.7. The molecule has 1 saturated heterocycles. The van der Waals surface area contributed by atoms with E-state index < -0.39 is 0 Å². The highest BCUT2D eigenvalue weighted by Crippen LogP contribution is 2.16. The standard InChI is InChI=1S/C14H21N3O2/c1-10-9-11(17-15)4-5-13(10)14(18)16-7-6-12-3-2-8-19-12/h4-5,9,12,17H,2-3,6-8,15H2,1H3,(H,16,18). The molecule has 0 saturated carbocycles. The fourth-order valence-electron chi connectivity index (χ4n) is 2.32. The molecule has 5 nitrogen and oxygen atoms in total. The zero-order valence-corrected chi connectivity index (χ0v) is 11.2. The highest BCUT2D eigenvalue weighted by Gasteiger charge is 2.15. The van der Waals surface area contributed by atoms with Gasteiger partial charge in [-0.05, 0) is 49.9 Å². The summed E-state index contributed by atoms with van der Waals surface area (Å²) >= 11 is 0. The molecule has 1 amide bonds. The van der Waals surface area contributed by atoms with Gasteiger partial charge in [-0.15, -0.1) is 0 Å². The number of rotatable bonds is 5. The Morgan fingerprint density at radius 3 is 3.00 bits per heavy atom. The van der Waals surface area contributed by atoms with Crippen molar-refractivity contribution in [1.82, 2.24) is 5.32 Å². The first kappa shape index (κ1) is 13.8. The molecule has 0 spiro atoms. The number of carbonyl (C=O) groups excluding carboxylic acids is 1. The van der Waals surface area contributed by atoms with E-state index in [4.69, 9.17) is 10.6 Å². The van der Waals surface area contributed by atoms with Crippen LogP contribution in [0.25, 0.3) is 0 Å². The minimum absolute atomic E-state index is 0.0425. The quantitative estimate of drug-likeness (QED) is 0.557. The summed E-state index contributed by atoms with van der Waals surface area (Å²) in [6.45, 7) is 3.40. The van der Waals surface area contributed by atoms with Gasteiger partial charge >= 0.3 is 0 Å². The third-order valence-electron chi connectivity index (χ3n) is 3.41. The normalized spacial score (nSPS) is 18.3. The second kappa shape index (κ2) is 6.54. The van der Waals surface area contributed by atoms with E-state index in [0.29, 0.717) is 18.2 Å². The molecule has 2 rings (SSSR count). The summed E-state index contributed by atoms with van der Waals surface area (Å²) in [5, 5.41) is 2.93. The van der Waals surface area contributed by atoms with Gasteiger partial charge in [0.25, 0.3) is 5.91 Å². The molecule has 1 aliphatic heterocycles. The Morgan fingerprint density at radius 2 is 2.37 bits per heavy atom. The van der Waals surface area contributed by atoms with E-state index in [9.17, 15) is 4.79 Å². The van der Waals surface area contributed by atoms with Crippen molar-refractivity contribution >= 4 is 11.6 Å². The minimum Gasteiger partial charge on any atom is -0.378 e. The van der Waals surface area contributed by atoms with Crippen molar-refractivity contribution in [3.05, 3.63) is 29.3 Å². The Kier molecular flexibility index (Phi) is 4.76. The highest BCUT2D eigenvalue weighted by molar-refractivity contribution is 5.96.